The third kappa shape index (κ3) is 3.41. The van der Waals surface area contributed by atoms with Crippen molar-refractivity contribution in [3.63, 3.8) is 0 Å². The fraction of sp³-hybridized carbons (Fsp3) is 0.500. The van der Waals surface area contributed by atoms with Crippen molar-refractivity contribution in [3.05, 3.63) is 34.7 Å². The van der Waals surface area contributed by atoms with E-state index in [0.29, 0.717) is 18.0 Å². The largest absolute Gasteiger partial charge is 0.368 e. The molecule has 1 amide bonds. The Labute approximate surface area is 158 Å². The number of ether oxygens (including phenoxy) is 1. The van der Waals surface area contributed by atoms with Crippen molar-refractivity contribution < 1.29 is 9.53 Å². The number of methoxy groups -OCH3 is 1. The average molecular weight is 372 g/mol. The number of aromatic nitrogens is 1. The van der Waals surface area contributed by atoms with Crippen LogP contribution in [0.2, 0.25) is 0 Å². The molecule has 0 bridgehead atoms. The zero-order chi connectivity index (χ0) is 18.0. The molecule has 5 nitrogen and oxygen atoms in total. The Hall–Kier alpha value is -1.76. The number of nitrogens with zero attached hydrogens (tertiary/aromatic N) is 1. The van der Waals surface area contributed by atoms with Gasteiger partial charge in [-0.3, -0.25) is 10.1 Å². The van der Waals surface area contributed by atoms with Gasteiger partial charge in [0.2, 0.25) is 0 Å². The number of hydrogen-bond donors (Lipinski definition) is 2. The van der Waals surface area contributed by atoms with Crippen LogP contribution < -0.4 is 10.6 Å². The van der Waals surface area contributed by atoms with Gasteiger partial charge in [0.05, 0.1) is 5.69 Å². The van der Waals surface area contributed by atoms with Gasteiger partial charge in [-0.2, -0.15) is 0 Å². The first-order valence-electron chi connectivity index (χ1n) is 9.35. The van der Waals surface area contributed by atoms with E-state index >= 15 is 0 Å². The summed E-state index contributed by atoms with van der Waals surface area (Å²) in [5, 5.41) is 8.89. The molecule has 2 aromatic rings. The molecule has 1 saturated heterocycles. The van der Waals surface area contributed by atoms with Crippen LogP contribution in [0.3, 0.4) is 0 Å². The SMILES string of the molecule is COC1(C(=O)Nc2nc(-c3ccc4c(c3)CCCC4)cs2)CCNCC1. The molecule has 1 aromatic carbocycles. The van der Waals surface area contributed by atoms with E-state index in [1.165, 1.54) is 41.7 Å². The van der Waals surface area contributed by atoms with E-state index in [1.54, 1.807) is 7.11 Å². The molecule has 1 aliphatic heterocycles. The summed E-state index contributed by atoms with van der Waals surface area (Å²) in [4.78, 5) is 17.4. The molecule has 0 unspecified atom stereocenters. The number of piperidine rings is 1. The van der Waals surface area contributed by atoms with Gasteiger partial charge in [-0.05, 0) is 68.8 Å². The van der Waals surface area contributed by atoms with E-state index in [0.717, 1.165) is 30.8 Å². The van der Waals surface area contributed by atoms with Crippen molar-refractivity contribution in [1.29, 1.82) is 0 Å². The number of thiazole rings is 1. The molecule has 0 saturated carbocycles. The van der Waals surface area contributed by atoms with Gasteiger partial charge in [0.15, 0.2) is 5.13 Å². The molecular formula is C20H25N3O2S. The molecule has 1 aromatic heterocycles. The van der Waals surface area contributed by atoms with Crippen molar-refractivity contribution >= 4 is 22.4 Å². The molecule has 2 N–H and O–H groups in total. The Balaban J connectivity index is 1.50. The van der Waals surface area contributed by atoms with Crippen molar-refractivity contribution in [2.75, 3.05) is 25.5 Å². The summed E-state index contributed by atoms with van der Waals surface area (Å²) in [5.74, 6) is -0.0900. The lowest BCUT2D eigenvalue weighted by Gasteiger charge is -2.34. The normalized spacial score (nSPS) is 19.0. The number of hydrogen-bond acceptors (Lipinski definition) is 5. The van der Waals surface area contributed by atoms with E-state index in [2.05, 4.69) is 33.8 Å². The minimum atomic E-state index is -0.747. The lowest BCUT2D eigenvalue weighted by Crippen LogP contribution is -2.51. The van der Waals surface area contributed by atoms with Gasteiger partial charge in [0, 0.05) is 18.1 Å². The molecule has 26 heavy (non-hydrogen) atoms. The Morgan fingerprint density at radius 3 is 2.77 bits per heavy atom. The smallest absolute Gasteiger partial charge is 0.258 e. The van der Waals surface area contributed by atoms with Crippen LogP contribution in [0.1, 0.15) is 36.8 Å². The maximum Gasteiger partial charge on any atom is 0.258 e. The zero-order valence-electron chi connectivity index (χ0n) is 15.1. The van der Waals surface area contributed by atoms with E-state index < -0.39 is 5.60 Å². The van der Waals surface area contributed by atoms with Crippen molar-refractivity contribution in [3.8, 4) is 11.3 Å². The molecule has 2 heterocycles. The topological polar surface area (TPSA) is 63.2 Å². The summed E-state index contributed by atoms with van der Waals surface area (Å²) in [6.45, 7) is 1.58. The number of aryl methyl sites for hydroxylation is 2. The second-order valence-electron chi connectivity index (χ2n) is 7.13. The maximum atomic E-state index is 12.8. The Kier molecular flexibility index (Phi) is 5.07. The fourth-order valence-electron chi connectivity index (χ4n) is 3.92. The molecular weight excluding hydrogens is 346 g/mol. The lowest BCUT2D eigenvalue weighted by atomic mass is 9.90. The van der Waals surface area contributed by atoms with Crippen molar-refractivity contribution in [1.82, 2.24) is 10.3 Å². The number of fused-ring (bicyclic) bond motifs is 1. The second kappa shape index (κ2) is 7.47. The van der Waals surface area contributed by atoms with Crippen LogP contribution in [0.15, 0.2) is 23.6 Å². The van der Waals surface area contributed by atoms with Gasteiger partial charge in [-0.1, -0.05) is 12.1 Å². The van der Waals surface area contributed by atoms with Gasteiger partial charge < -0.3 is 10.1 Å². The Bertz CT molecular complexity index is 796. The summed E-state index contributed by atoms with van der Waals surface area (Å²) in [7, 11) is 1.62. The third-order valence-corrected chi connectivity index (χ3v) is 6.34. The average Bonchev–Trinajstić information content (AvgIpc) is 3.16. The highest BCUT2D eigenvalue weighted by Crippen LogP contribution is 2.31. The summed E-state index contributed by atoms with van der Waals surface area (Å²) in [6.07, 6.45) is 6.25. The lowest BCUT2D eigenvalue weighted by molar-refractivity contribution is -0.140. The van der Waals surface area contributed by atoms with Gasteiger partial charge >= 0.3 is 0 Å². The first kappa shape index (κ1) is 17.6. The quantitative estimate of drug-likeness (QED) is 0.865. The number of rotatable bonds is 4. The number of nitrogens with one attached hydrogen (secondary N) is 2. The van der Waals surface area contributed by atoms with Gasteiger partial charge in [-0.25, -0.2) is 4.98 Å². The number of carbonyl (C=O) groups is 1. The highest BCUT2D eigenvalue weighted by molar-refractivity contribution is 7.14. The number of benzene rings is 1. The molecule has 6 heteroatoms. The van der Waals surface area contributed by atoms with Crippen molar-refractivity contribution in [2.24, 2.45) is 0 Å². The number of carbonyl (C=O) groups excluding carboxylic acids is 1. The summed E-state index contributed by atoms with van der Waals surface area (Å²) >= 11 is 1.47. The predicted octanol–water partition coefficient (Wildman–Crippen LogP) is 3.40. The van der Waals surface area contributed by atoms with Gasteiger partial charge in [-0.15, -0.1) is 11.3 Å². The standard InChI is InChI=1S/C20H25N3O2S/c1-25-20(8-10-21-11-9-20)18(24)23-19-22-17(13-26-19)16-7-6-14-4-2-3-5-15(14)12-16/h6-7,12-13,21H,2-5,8-11H2,1H3,(H,22,23,24). The minimum absolute atomic E-state index is 0.0900. The molecule has 0 radical (unpaired) electrons. The van der Waals surface area contributed by atoms with E-state index in [1.807, 2.05) is 5.38 Å². The van der Waals surface area contributed by atoms with E-state index in [-0.39, 0.29) is 5.91 Å². The van der Waals surface area contributed by atoms with Crippen LogP contribution in [0.25, 0.3) is 11.3 Å². The minimum Gasteiger partial charge on any atom is -0.368 e. The molecule has 2 aliphatic rings. The first-order chi connectivity index (χ1) is 12.7. The zero-order valence-corrected chi connectivity index (χ0v) is 16.0. The first-order valence-corrected chi connectivity index (χ1v) is 10.2. The van der Waals surface area contributed by atoms with Crippen LogP contribution in [0.5, 0.6) is 0 Å². The van der Waals surface area contributed by atoms with Crippen LogP contribution in [-0.2, 0) is 22.4 Å². The van der Waals surface area contributed by atoms with Crippen molar-refractivity contribution in [2.45, 2.75) is 44.1 Å². The second-order valence-corrected chi connectivity index (χ2v) is 7.99. The fourth-order valence-corrected chi connectivity index (χ4v) is 4.64. The highest BCUT2D eigenvalue weighted by Gasteiger charge is 2.40. The molecule has 1 aliphatic carbocycles. The number of amides is 1. The predicted molar refractivity (Wildman–Crippen MR) is 105 cm³/mol. The molecule has 0 atom stereocenters. The van der Waals surface area contributed by atoms with Gasteiger partial charge in [0.25, 0.3) is 5.91 Å². The van der Waals surface area contributed by atoms with Crippen LogP contribution in [-0.4, -0.2) is 36.7 Å². The number of anilines is 1. The van der Waals surface area contributed by atoms with Crippen LogP contribution >= 0.6 is 11.3 Å². The van der Waals surface area contributed by atoms with Crippen LogP contribution in [0, 0.1) is 0 Å². The van der Waals surface area contributed by atoms with Gasteiger partial charge in [0.1, 0.15) is 5.60 Å². The molecule has 138 valence electrons. The molecule has 0 spiro atoms. The maximum absolute atomic E-state index is 12.8. The molecule has 4 rings (SSSR count). The summed E-state index contributed by atoms with van der Waals surface area (Å²) in [6, 6.07) is 6.64. The third-order valence-electron chi connectivity index (χ3n) is 5.58. The Morgan fingerprint density at radius 1 is 1.23 bits per heavy atom. The molecule has 1 fully saturated rings. The Morgan fingerprint density at radius 2 is 2.00 bits per heavy atom. The van der Waals surface area contributed by atoms with E-state index in [4.69, 9.17) is 4.74 Å². The van der Waals surface area contributed by atoms with E-state index in [9.17, 15) is 4.79 Å². The summed E-state index contributed by atoms with van der Waals surface area (Å²) < 4.78 is 5.59. The van der Waals surface area contributed by atoms with Crippen LogP contribution in [0.4, 0.5) is 5.13 Å². The monoisotopic (exact) mass is 371 g/mol. The summed E-state index contributed by atoms with van der Waals surface area (Å²) in [5.41, 5.74) is 4.22. The highest BCUT2D eigenvalue weighted by atomic mass is 32.1.